The highest BCUT2D eigenvalue weighted by molar-refractivity contribution is 7.18. The first-order valence-electron chi connectivity index (χ1n) is 6.53. The van der Waals surface area contributed by atoms with Gasteiger partial charge in [-0.15, -0.1) is 12.3 Å². The van der Waals surface area contributed by atoms with Crippen molar-refractivity contribution in [2.24, 2.45) is 0 Å². The predicted molar refractivity (Wildman–Crippen MR) is 80.0 cm³/mol. The van der Waals surface area contributed by atoms with Crippen molar-refractivity contribution in [3.8, 4) is 12.3 Å². The Morgan fingerprint density at radius 3 is 3.00 bits per heavy atom. The van der Waals surface area contributed by atoms with Crippen LogP contribution in [0.4, 0.5) is 10.9 Å². The van der Waals surface area contributed by atoms with E-state index >= 15 is 0 Å². The summed E-state index contributed by atoms with van der Waals surface area (Å²) in [5.41, 5.74) is 5.83. The number of thiazole rings is 1. The number of carbonyl (C=O) groups excluding carboxylic acids is 1. The zero-order valence-corrected chi connectivity index (χ0v) is 12.0. The Morgan fingerprint density at radius 2 is 2.30 bits per heavy atom. The van der Waals surface area contributed by atoms with Crippen LogP contribution in [0.2, 0.25) is 0 Å². The van der Waals surface area contributed by atoms with Gasteiger partial charge in [0.1, 0.15) is 10.7 Å². The van der Waals surface area contributed by atoms with Gasteiger partial charge >= 0.3 is 0 Å². The maximum absolute atomic E-state index is 12.0. The van der Waals surface area contributed by atoms with Gasteiger partial charge < -0.3 is 20.7 Å². The van der Waals surface area contributed by atoms with E-state index in [0.717, 1.165) is 24.6 Å². The lowest BCUT2D eigenvalue weighted by Crippen LogP contribution is -2.36. The van der Waals surface area contributed by atoms with E-state index in [2.05, 4.69) is 21.1 Å². The lowest BCUT2D eigenvalue weighted by molar-refractivity contribution is 0.0958. The van der Waals surface area contributed by atoms with E-state index < -0.39 is 0 Å². The molecule has 7 heteroatoms. The van der Waals surface area contributed by atoms with E-state index in [1.807, 2.05) is 0 Å². The number of amides is 1. The van der Waals surface area contributed by atoms with Gasteiger partial charge in [-0.1, -0.05) is 11.3 Å². The SMILES string of the molecule is C#CCCCNC(=O)c1sc(N2CCOCC2)nc1N. The summed E-state index contributed by atoms with van der Waals surface area (Å²) in [6.07, 6.45) is 6.57. The highest BCUT2D eigenvalue weighted by atomic mass is 32.1. The van der Waals surface area contributed by atoms with Crippen molar-refractivity contribution in [1.82, 2.24) is 10.3 Å². The number of nitrogens with zero attached hydrogens (tertiary/aromatic N) is 2. The number of nitrogens with two attached hydrogens (primary N) is 1. The molecule has 20 heavy (non-hydrogen) atoms. The Kier molecular flexibility index (Phi) is 5.21. The third-order valence-electron chi connectivity index (χ3n) is 2.91. The first-order chi connectivity index (χ1) is 9.72. The number of aromatic nitrogens is 1. The number of ether oxygens (including phenoxy) is 1. The van der Waals surface area contributed by atoms with E-state index in [0.29, 0.717) is 31.1 Å². The lowest BCUT2D eigenvalue weighted by atomic mass is 10.3. The van der Waals surface area contributed by atoms with Gasteiger partial charge in [0.05, 0.1) is 13.2 Å². The van der Waals surface area contributed by atoms with E-state index in [1.54, 1.807) is 0 Å². The number of nitrogens with one attached hydrogen (secondary N) is 1. The van der Waals surface area contributed by atoms with Crippen LogP contribution in [0.25, 0.3) is 0 Å². The van der Waals surface area contributed by atoms with Crippen LogP contribution in [0.15, 0.2) is 0 Å². The third kappa shape index (κ3) is 3.62. The van der Waals surface area contributed by atoms with Crippen LogP contribution in [0.1, 0.15) is 22.5 Å². The molecule has 0 spiro atoms. The van der Waals surface area contributed by atoms with Crippen molar-refractivity contribution in [2.45, 2.75) is 12.8 Å². The maximum Gasteiger partial charge on any atom is 0.265 e. The van der Waals surface area contributed by atoms with Crippen LogP contribution in [-0.4, -0.2) is 43.7 Å². The number of carbonyl (C=O) groups is 1. The molecule has 1 amide bonds. The molecule has 108 valence electrons. The Hall–Kier alpha value is -1.78. The number of hydrogen-bond donors (Lipinski definition) is 2. The molecule has 0 bridgehead atoms. The zero-order valence-electron chi connectivity index (χ0n) is 11.2. The van der Waals surface area contributed by atoms with Crippen molar-refractivity contribution in [2.75, 3.05) is 43.5 Å². The highest BCUT2D eigenvalue weighted by Crippen LogP contribution is 2.28. The summed E-state index contributed by atoms with van der Waals surface area (Å²) in [6, 6.07) is 0. The average molecular weight is 294 g/mol. The molecule has 3 N–H and O–H groups in total. The molecule has 1 aromatic rings. The Morgan fingerprint density at radius 1 is 1.55 bits per heavy atom. The maximum atomic E-state index is 12.0. The Labute approximate surface area is 122 Å². The second-order valence-corrected chi connectivity index (χ2v) is 5.35. The summed E-state index contributed by atoms with van der Waals surface area (Å²) >= 11 is 1.32. The molecule has 1 aliphatic heterocycles. The molecule has 1 aliphatic rings. The second-order valence-electron chi connectivity index (χ2n) is 4.37. The smallest absolute Gasteiger partial charge is 0.265 e. The summed E-state index contributed by atoms with van der Waals surface area (Å²) < 4.78 is 5.29. The normalized spacial score (nSPS) is 14.8. The molecule has 0 unspecified atom stereocenters. The lowest BCUT2D eigenvalue weighted by Gasteiger charge is -2.25. The number of anilines is 2. The standard InChI is InChI=1S/C13H18N4O2S/c1-2-3-4-5-15-12(18)10-11(14)16-13(20-10)17-6-8-19-9-7-17/h1H,3-9,14H2,(H,15,18). The monoisotopic (exact) mass is 294 g/mol. The third-order valence-corrected chi connectivity index (χ3v) is 4.04. The molecule has 0 atom stereocenters. The van der Waals surface area contributed by atoms with Crippen LogP contribution in [0.5, 0.6) is 0 Å². The van der Waals surface area contributed by atoms with Gasteiger partial charge in [0.15, 0.2) is 5.13 Å². The molecule has 1 saturated heterocycles. The molecule has 0 aliphatic carbocycles. The van der Waals surface area contributed by atoms with E-state index in [1.165, 1.54) is 11.3 Å². The summed E-state index contributed by atoms with van der Waals surface area (Å²) in [5.74, 6) is 2.63. The molecule has 0 aromatic carbocycles. The van der Waals surface area contributed by atoms with Crippen LogP contribution >= 0.6 is 11.3 Å². The topological polar surface area (TPSA) is 80.5 Å². The van der Waals surface area contributed by atoms with E-state index in [-0.39, 0.29) is 11.7 Å². The van der Waals surface area contributed by atoms with Crippen molar-refractivity contribution >= 4 is 28.2 Å². The fourth-order valence-electron chi connectivity index (χ4n) is 1.85. The van der Waals surface area contributed by atoms with Crippen LogP contribution in [0, 0.1) is 12.3 Å². The second kappa shape index (κ2) is 7.12. The highest BCUT2D eigenvalue weighted by Gasteiger charge is 2.20. The minimum Gasteiger partial charge on any atom is -0.382 e. The van der Waals surface area contributed by atoms with Gasteiger partial charge in [0, 0.05) is 26.1 Å². The van der Waals surface area contributed by atoms with Crippen LogP contribution in [0.3, 0.4) is 0 Å². The Bertz CT molecular complexity index is 503. The predicted octanol–water partition coefficient (Wildman–Crippen LogP) is 0.705. The minimum atomic E-state index is -0.184. The van der Waals surface area contributed by atoms with E-state index in [9.17, 15) is 4.79 Å². The molecule has 1 aromatic heterocycles. The number of terminal acetylenes is 1. The molecular weight excluding hydrogens is 276 g/mol. The molecule has 2 heterocycles. The minimum absolute atomic E-state index is 0.184. The van der Waals surface area contributed by atoms with Crippen molar-refractivity contribution < 1.29 is 9.53 Å². The van der Waals surface area contributed by atoms with Crippen LogP contribution < -0.4 is 16.0 Å². The van der Waals surface area contributed by atoms with Gasteiger partial charge in [-0.3, -0.25) is 4.79 Å². The largest absolute Gasteiger partial charge is 0.382 e. The average Bonchev–Trinajstić information content (AvgIpc) is 2.86. The molecule has 1 fully saturated rings. The van der Waals surface area contributed by atoms with Crippen LogP contribution in [-0.2, 0) is 4.74 Å². The number of unbranched alkanes of at least 4 members (excludes halogenated alkanes) is 1. The van der Waals surface area contributed by atoms with Crippen molar-refractivity contribution in [3.63, 3.8) is 0 Å². The number of rotatable bonds is 5. The molecule has 0 saturated carbocycles. The summed E-state index contributed by atoms with van der Waals surface area (Å²) in [4.78, 5) is 18.8. The van der Waals surface area contributed by atoms with Gasteiger partial charge in [0.25, 0.3) is 5.91 Å². The van der Waals surface area contributed by atoms with Gasteiger partial charge in [-0.25, -0.2) is 4.98 Å². The van der Waals surface area contributed by atoms with E-state index in [4.69, 9.17) is 16.9 Å². The van der Waals surface area contributed by atoms with Gasteiger partial charge in [-0.05, 0) is 6.42 Å². The molecular formula is C13H18N4O2S. The summed E-state index contributed by atoms with van der Waals surface area (Å²) in [7, 11) is 0. The molecule has 0 radical (unpaired) electrons. The Balaban J connectivity index is 1.96. The zero-order chi connectivity index (χ0) is 14.4. The first kappa shape index (κ1) is 14.6. The molecule has 6 nitrogen and oxygen atoms in total. The fourth-order valence-corrected chi connectivity index (χ4v) is 2.80. The number of nitrogen functional groups attached to an aromatic ring is 1. The molecule has 2 rings (SSSR count). The number of hydrogen-bond acceptors (Lipinski definition) is 6. The number of morpholine rings is 1. The quantitative estimate of drug-likeness (QED) is 0.617. The van der Waals surface area contributed by atoms with Crippen molar-refractivity contribution in [3.05, 3.63) is 4.88 Å². The van der Waals surface area contributed by atoms with Crippen molar-refractivity contribution in [1.29, 1.82) is 0 Å². The fraction of sp³-hybridized carbons (Fsp3) is 0.538. The summed E-state index contributed by atoms with van der Waals surface area (Å²) in [6.45, 7) is 3.44. The first-order valence-corrected chi connectivity index (χ1v) is 7.34. The van der Waals surface area contributed by atoms with Gasteiger partial charge in [-0.2, -0.15) is 0 Å². The van der Waals surface area contributed by atoms with Gasteiger partial charge in [0.2, 0.25) is 0 Å². The summed E-state index contributed by atoms with van der Waals surface area (Å²) in [5, 5.41) is 3.58.